The number of aromatic amines is 1. The topological polar surface area (TPSA) is 71.4 Å². The van der Waals surface area contributed by atoms with Crippen molar-refractivity contribution in [1.29, 1.82) is 0 Å². The number of nitrogens with one attached hydrogen (secondary N) is 1. The van der Waals surface area contributed by atoms with E-state index in [1.54, 1.807) is 6.07 Å². The number of H-pyrrole nitrogens is 1. The first-order valence-electron chi connectivity index (χ1n) is 10.8. The van der Waals surface area contributed by atoms with Crippen LogP contribution < -0.4 is 5.56 Å². The fourth-order valence-electron chi connectivity index (χ4n) is 4.48. The number of piperidine rings is 1. The van der Waals surface area contributed by atoms with Crippen LogP contribution in [-0.2, 0) is 11.3 Å². The van der Waals surface area contributed by atoms with E-state index in [1.165, 1.54) is 6.42 Å². The summed E-state index contributed by atoms with van der Waals surface area (Å²) in [5.41, 5.74) is 0.988. The molecule has 0 aromatic carbocycles. The number of rotatable bonds is 5. The lowest BCUT2D eigenvalue weighted by Crippen LogP contribution is -2.33. The Balaban J connectivity index is 1.17. The lowest BCUT2D eigenvalue weighted by Gasteiger charge is -2.31. The standard InChI is InChI=1S/C22H29N3O3/c26-21-13-18(23-22(24-21)16-4-5-16)15-8-10-25(11-9-15)14-17-6-7-20(28-17)19-3-1-2-12-27-19/h6-7,13,15-16,19H,1-5,8-12,14H2,(H,23,24,26). The maximum absolute atomic E-state index is 12.0. The third kappa shape index (κ3) is 4.08. The van der Waals surface area contributed by atoms with Crippen LogP contribution in [0, 0.1) is 0 Å². The third-order valence-electron chi connectivity index (χ3n) is 6.31. The molecule has 2 aromatic rings. The van der Waals surface area contributed by atoms with Crippen LogP contribution in [0.4, 0.5) is 0 Å². The highest BCUT2D eigenvalue weighted by atomic mass is 16.5. The van der Waals surface area contributed by atoms with Crippen molar-refractivity contribution in [1.82, 2.24) is 14.9 Å². The molecule has 2 aliphatic heterocycles. The van der Waals surface area contributed by atoms with Crippen molar-refractivity contribution < 1.29 is 9.15 Å². The smallest absolute Gasteiger partial charge is 0.251 e. The molecule has 3 fully saturated rings. The molecule has 3 aliphatic rings. The van der Waals surface area contributed by atoms with Gasteiger partial charge in [-0.05, 0) is 70.2 Å². The van der Waals surface area contributed by atoms with Gasteiger partial charge in [0.1, 0.15) is 23.4 Å². The number of hydrogen-bond acceptors (Lipinski definition) is 5. The molecule has 1 N–H and O–H groups in total. The number of likely N-dealkylation sites (tertiary alicyclic amines) is 1. The van der Waals surface area contributed by atoms with Gasteiger partial charge in [0.2, 0.25) is 0 Å². The first-order chi connectivity index (χ1) is 13.7. The normalized spacial score (nSPS) is 24.5. The summed E-state index contributed by atoms with van der Waals surface area (Å²) in [6, 6.07) is 5.88. The van der Waals surface area contributed by atoms with Gasteiger partial charge in [0.25, 0.3) is 5.56 Å². The number of aromatic nitrogens is 2. The van der Waals surface area contributed by atoms with E-state index in [2.05, 4.69) is 22.0 Å². The monoisotopic (exact) mass is 383 g/mol. The molecule has 2 aromatic heterocycles. The molecular formula is C22H29N3O3. The Morgan fingerprint density at radius 1 is 1.07 bits per heavy atom. The Morgan fingerprint density at radius 3 is 2.68 bits per heavy atom. The maximum atomic E-state index is 12.0. The van der Waals surface area contributed by atoms with Crippen LogP contribution >= 0.6 is 0 Å². The summed E-state index contributed by atoms with van der Waals surface area (Å²) in [6.07, 6.45) is 7.96. The number of nitrogens with zero attached hydrogens (tertiary/aromatic N) is 2. The molecule has 6 heteroatoms. The molecule has 1 saturated carbocycles. The van der Waals surface area contributed by atoms with Crippen molar-refractivity contribution in [3.8, 4) is 0 Å². The van der Waals surface area contributed by atoms with Crippen molar-refractivity contribution in [2.24, 2.45) is 0 Å². The van der Waals surface area contributed by atoms with Crippen molar-refractivity contribution in [2.75, 3.05) is 19.7 Å². The van der Waals surface area contributed by atoms with E-state index in [4.69, 9.17) is 14.1 Å². The van der Waals surface area contributed by atoms with Gasteiger partial charge < -0.3 is 14.1 Å². The minimum atomic E-state index is 0.00220. The van der Waals surface area contributed by atoms with Crippen LogP contribution in [0.25, 0.3) is 0 Å². The Morgan fingerprint density at radius 2 is 1.93 bits per heavy atom. The summed E-state index contributed by atoms with van der Waals surface area (Å²) in [5.74, 6) is 3.77. The lowest BCUT2D eigenvalue weighted by molar-refractivity contribution is 0.000765. The zero-order chi connectivity index (χ0) is 18.9. The number of furan rings is 1. The van der Waals surface area contributed by atoms with Crippen LogP contribution in [-0.4, -0.2) is 34.6 Å². The molecule has 28 heavy (non-hydrogen) atoms. The molecule has 150 valence electrons. The van der Waals surface area contributed by atoms with Gasteiger partial charge in [-0.15, -0.1) is 0 Å². The Hall–Kier alpha value is -1.92. The summed E-state index contributed by atoms with van der Waals surface area (Å²) in [5, 5.41) is 0. The fourth-order valence-corrected chi connectivity index (χ4v) is 4.48. The summed E-state index contributed by atoms with van der Waals surface area (Å²) >= 11 is 0. The third-order valence-corrected chi connectivity index (χ3v) is 6.31. The average molecular weight is 383 g/mol. The van der Waals surface area contributed by atoms with Crippen LogP contribution in [0.5, 0.6) is 0 Å². The second-order valence-corrected chi connectivity index (χ2v) is 8.54. The predicted molar refractivity (Wildman–Crippen MR) is 105 cm³/mol. The molecule has 4 heterocycles. The predicted octanol–water partition coefficient (Wildman–Crippen LogP) is 3.86. The molecule has 0 radical (unpaired) electrons. The highest BCUT2D eigenvalue weighted by molar-refractivity contribution is 5.15. The molecule has 0 spiro atoms. The molecule has 1 unspecified atom stereocenters. The zero-order valence-electron chi connectivity index (χ0n) is 16.4. The Labute approximate surface area is 165 Å². The largest absolute Gasteiger partial charge is 0.462 e. The zero-order valence-corrected chi connectivity index (χ0v) is 16.4. The van der Waals surface area contributed by atoms with Gasteiger partial charge >= 0.3 is 0 Å². The van der Waals surface area contributed by atoms with Crippen molar-refractivity contribution in [3.05, 3.63) is 51.6 Å². The quantitative estimate of drug-likeness (QED) is 0.849. The van der Waals surface area contributed by atoms with Gasteiger partial charge in [-0.1, -0.05) is 0 Å². The van der Waals surface area contributed by atoms with Gasteiger partial charge in [-0.3, -0.25) is 9.69 Å². The van der Waals surface area contributed by atoms with Crippen LogP contribution in [0.15, 0.2) is 27.4 Å². The number of ether oxygens (including phenoxy) is 1. The maximum Gasteiger partial charge on any atom is 0.251 e. The van der Waals surface area contributed by atoms with Crippen LogP contribution in [0.1, 0.15) is 85.9 Å². The molecule has 6 nitrogen and oxygen atoms in total. The highest BCUT2D eigenvalue weighted by Crippen LogP contribution is 2.38. The lowest BCUT2D eigenvalue weighted by atomic mass is 9.93. The summed E-state index contributed by atoms with van der Waals surface area (Å²) in [4.78, 5) is 22.1. The van der Waals surface area contributed by atoms with E-state index in [0.717, 1.165) is 87.8 Å². The van der Waals surface area contributed by atoms with E-state index < -0.39 is 0 Å². The molecule has 1 aliphatic carbocycles. The molecule has 2 saturated heterocycles. The molecule has 0 amide bonds. The first-order valence-corrected chi connectivity index (χ1v) is 10.8. The van der Waals surface area contributed by atoms with E-state index in [9.17, 15) is 4.79 Å². The van der Waals surface area contributed by atoms with Gasteiger partial charge in [-0.25, -0.2) is 4.98 Å². The van der Waals surface area contributed by atoms with E-state index in [-0.39, 0.29) is 11.7 Å². The average Bonchev–Trinajstić information content (AvgIpc) is 3.48. The minimum Gasteiger partial charge on any atom is -0.462 e. The Kier molecular flexibility index (Phi) is 5.07. The summed E-state index contributed by atoms with van der Waals surface area (Å²) in [7, 11) is 0. The van der Waals surface area contributed by atoms with Crippen LogP contribution in [0.2, 0.25) is 0 Å². The van der Waals surface area contributed by atoms with Gasteiger partial charge in [0.05, 0.1) is 12.2 Å². The van der Waals surface area contributed by atoms with E-state index in [0.29, 0.717) is 11.8 Å². The second-order valence-electron chi connectivity index (χ2n) is 8.54. The van der Waals surface area contributed by atoms with Gasteiger partial charge in [-0.2, -0.15) is 0 Å². The van der Waals surface area contributed by atoms with Gasteiger partial charge in [0.15, 0.2) is 0 Å². The first kappa shape index (κ1) is 18.1. The van der Waals surface area contributed by atoms with E-state index >= 15 is 0 Å². The second kappa shape index (κ2) is 7.84. The highest BCUT2D eigenvalue weighted by Gasteiger charge is 2.29. The number of hydrogen-bond donors (Lipinski definition) is 1. The minimum absolute atomic E-state index is 0.00220. The van der Waals surface area contributed by atoms with E-state index in [1.807, 2.05) is 0 Å². The van der Waals surface area contributed by atoms with Crippen molar-refractivity contribution in [2.45, 2.75) is 69.4 Å². The molecule has 0 bridgehead atoms. The van der Waals surface area contributed by atoms with Crippen LogP contribution in [0.3, 0.4) is 0 Å². The van der Waals surface area contributed by atoms with Gasteiger partial charge in [0, 0.05) is 24.5 Å². The van der Waals surface area contributed by atoms with Crippen molar-refractivity contribution >= 4 is 0 Å². The van der Waals surface area contributed by atoms with Crippen molar-refractivity contribution in [3.63, 3.8) is 0 Å². The fraction of sp³-hybridized carbons (Fsp3) is 0.636. The molecule has 1 atom stereocenters. The molecule has 5 rings (SSSR count). The SMILES string of the molecule is O=c1cc(C2CCN(Cc3ccc(C4CCCCO4)o3)CC2)nc(C2CC2)[nH]1. The Bertz CT molecular complexity index is 856. The summed E-state index contributed by atoms with van der Waals surface area (Å²) in [6.45, 7) is 3.70. The summed E-state index contributed by atoms with van der Waals surface area (Å²) < 4.78 is 11.9. The molecular weight excluding hydrogens is 354 g/mol.